The number of nitrogens with one attached hydrogen (secondary N) is 1. The first-order valence-corrected chi connectivity index (χ1v) is 8.02. The van der Waals surface area contributed by atoms with Crippen LogP contribution in [-0.4, -0.2) is 16.9 Å². The highest BCUT2D eigenvalue weighted by Gasteiger charge is 2.27. The van der Waals surface area contributed by atoms with Gasteiger partial charge in [-0.3, -0.25) is 4.79 Å². The summed E-state index contributed by atoms with van der Waals surface area (Å²) in [5.74, 6) is 0.636. The van der Waals surface area contributed by atoms with Crippen LogP contribution in [-0.2, 0) is 11.3 Å². The summed E-state index contributed by atoms with van der Waals surface area (Å²) >= 11 is 0. The Labute approximate surface area is 140 Å². The average Bonchev–Trinajstić information content (AvgIpc) is 3.02. The topological polar surface area (TPSA) is 77.2 Å². The Balaban J connectivity index is 1.57. The molecule has 0 radical (unpaired) electrons. The first-order chi connectivity index (χ1) is 11.6. The van der Waals surface area contributed by atoms with Crippen LogP contribution < -0.4 is 15.8 Å². The molecule has 0 saturated heterocycles. The number of hydrogen-bond donors (Lipinski definition) is 2. The monoisotopic (exact) mass is 329 g/mol. The van der Waals surface area contributed by atoms with E-state index < -0.39 is 0 Å². The Morgan fingerprint density at radius 2 is 2.08 bits per heavy atom. The maximum absolute atomic E-state index is 12.9. The number of pyridine rings is 1. The normalized spacial score (nSPS) is 19.9. The van der Waals surface area contributed by atoms with Crippen LogP contribution in [0.4, 0.5) is 4.39 Å². The molecule has 0 bridgehead atoms. The van der Waals surface area contributed by atoms with E-state index in [1.807, 2.05) is 6.07 Å². The number of benzene rings is 1. The van der Waals surface area contributed by atoms with Gasteiger partial charge in [0.05, 0.1) is 0 Å². The Morgan fingerprint density at radius 3 is 2.79 bits per heavy atom. The number of nitrogens with two attached hydrogens (primary N) is 1. The van der Waals surface area contributed by atoms with Crippen molar-refractivity contribution in [2.75, 3.05) is 0 Å². The van der Waals surface area contributed by atoms with Crippen molar-refractivity contribution in [3.05, 3.63) is 54.0 Å². The van der Waals surface area contributed by atoms with Gasteiger partial charge in [-0.05, 0) is 55.2 Å². The maximum atomic E-state index is 12.9. The predicted octanol–water partition coefficient (Wildman–Crippen LogP) is 2.76. The molecule has 1 aliphatic carbocycles. The number of ether oxygens (including phenoxy) is 1. The summed E-state index contributed by atoms with van der Waals surface area (Å²) in [5.41, 5.74) is 6.73. The summed E-state index contributed by atoms with van der Waals surface area (Å²) in [5, 5.41) is 2.93. The lowest BCUT2D eigenvalue weighted by atomic mass is 10.1. The van der Waals surface area contributed by atoms with Gasteiger partial charge in [-0.15, -0.1) is 0 Å². The lowest BCUT2D eigenvalue weighted by Crippen LogP contribution is -2.30. The molecule has 3 N–H and O–H groups in total. The molecule has 1 amide bonds. The molecule has 1 heterocycles. The standard InChI is InChI=1S/C18H20FN3O2/c19-14-2-5-16(6-3-14)24-17-9-12(7-8-21-17)11-22-18(23)13-1-4-15(20)10-13/h2-3,5-9,13,15H,1,4,10-11,20H2,(H,22,23). The van der Waals surface area contributed by atoms with Crippen molar-refractivity contribution < 1.29 is 13.9 Å². The van der Waals surface area contributed by atoms with E-state index in [4.69, 9.17) is 10.5 Å². The summed E-state index contributed by atoms with van der Waals surface area (Å²) in [7, 11) is 0. The fourth-order valence-electron chi connectivity index (χ4n) is 2.83. The average molecular weight is 329 g/mol. The molecule has 3 rings (SSSR count). The van der Waals surface area contributed by atoms with E-state index in [1.165, 1.54) is 24.3 Å². The molecular formula is C18H20FN3O2. The van der Waals surface area contributed by atoms with Crippen LogP contribution in [0.5, 0.6) is 11.6 Å². The van der Waals surface area contributed by atoms with Crippen molar-refractivity contribution in [2.45, 2.75) is 31.8 Å². The number of hydrogen-bond acceptors (Lipinski definition) is 4. The molecule has 2 unspecified atom stereocenters. The molecule has 1 fully saturated rings. The van der Waals surface area contributed by atoms with Gasteiger partial charge >= 0.3 is 0 Å². The highest BCUT2D eigenvalue weighted by molar-refractivity contribution is 5.79. The first-order valence-electron chi connectivity index (χ1n) is 8.02. The van der Waals surface area contributed by atoms with Crippen LogP contribution in [0.2, 0.25) is 0 Å². The fourth-order valence-corrected chi connectivity index (χ4v) is 2.83. The molecule has 1 aromatic carbocycles. The number of rotatable bonds is 5. The molecule has 0 spiro atoms. The van der Waals surface area contributed by atoms with Crippen molar-refractivity contribution in [3.63, 3.8) is 0 Å². The second-order valence-electron chi connectivity index (χ2n) is 6.05. The van der Waals surface area contributed by atoms with Gasteiger partial charge < -0.3 is 15.8 Å². The number of carbonyl (C=O) groups is 1. The number of aromatic nitrogens is 1. The summed E-state index contributed by atoms with van der Waals surface area (Å²) in [4.78, 5) is 16.2. The third-order valence-corrected chi connectivity index (χ3v) is 4.15. The molecule has 2 atom stereocenters. The lowest BCUT2D eigenvalue weighted by Gasteiger charge is -2.11. The second-order valence-corrected chi connectivity index (χ2v) is 6.05. The molecule has 1 aromatic heterocycles. The molecule has 126 valence electrons. The van der Waals surface area contributed by atoms with Crippen LogP contribution in [0.1, 0.15) is 24.8 Å². The minimum atomic E-state index is -0.321. The lowest BCUT2D eigenvalue weighted by molar-refractivity contribution is -0.125. The van der Waals surface area contributed by atoms with Crippen LogP contribution in [0.15, 0.2) is 42.6 Å². The minimum Gasteiger partial charge on any atom is -0.439 e. The van der Waals surface area contributed by atoms with E-state index in [9.17, 15) is 9.18 Å². The number of nitrogens with zero attached hydrogens (tertiary/aromatic N) is 1. The number of carbonyl (C=O) groups excluding carboxylic acids is 1. The zero-order valence-electron chi connectivity index (χ0n) is 13.2. The smallest absolute Gasteiger partial charge is 0.223 e. The molecule has 2 aromatic rings. The Hall–Kier alpha value is -2.47. The minimum absolute atomic E-state index is 0.0109. The van der Waals surface area contributed by atoms with Crippen molar-refractivity contribution in [2.24, 2.45) is 11.7 Å². The van der Waals surface area contributed by atoms with Gasteiger partial charge in [0.2, 0.25) is 11.8 Å². The van der Waals surface area contributed by atoms with E-state index in [2.05, 4.69) is 10.3 Å². The highest BCUT2D eigenvalue weighted by Crippen LogP contribution is 2.24. The van der Waals surface area contributed by atoms with E-state index in [0.717, 1.165) is 24.8 Å². The van der Waals surface area contributed by atoms with Gasteiger partial charge in [-0.2, -0.15) is 0 Å². The van der Waals surface area contributed by atoms with Crippen LogP contribution in [0.25, 0.3) is 0 Å². The van der Waals surface area contributed by atoms with Gasteiger partial charge in [0.15, 0.2) is 0 Å². The maximum Gasteiger partial charge on any atom is 0.223 e. The molecule has 6 heteroatoms. The third-order valence-electron chi connectivity index (χ3n) is 4.15. The van der Waals surface area contributed by atoms with Crippen LogP contribution >= 0.6 is 0 Å². The quantitative estimate of drug-likeness (QED) is 0.884. The molecule has 0 aliphatic heterocycles. The first kappa shape index (κ1) is 16.4. The SMILES string of the molecule is NC1CCC(C(=O)NCc2ccnc(Oc3ccc(F)cc3)c2)C1. The second kappa shape index (κ2) is 7.40. The molecule has 24 heavy (non-hydrogen) atoms. The van der Waals surface area contributed by atoms with Crippen LogP contribution in [0.3, 0.4) is 0 Å². The number of halogens is 1. The number of amides is 1. The van der Waals surface area contributed by atoms with Crippen molar-refractivity contribution in [3.8, 4) is 11.6 Å². The molecule has 1 saturated carbocycles. The Morgan fingerprint density at radius 1 is 1.29 bits per heavy atom. The van der Waals surface area contributed by atoms with Gasteiger partial charge in [0.1, 0.15) is 11.6 Å². The zero-order valence-corrected chi connectivity index (χ0v) is 13.2. The fraction of sp³-hybridized carbons (Fsp3) is 0.333. The van der Waals surface area contributed by atoms with Gasteiger partial charge in [-0.1, -0.05) is 0 Å². The Bertz CT molecular complexity index is 706. The molecular weight excluding hydrogens is 309 g/mol. The van der Waals surface area contributed by atoms with E-state index in [-0.39, 0.29) is 23.7 Å². The zero-order chi connectivity index (χ0) is 16.9. The van der Waals surface area contributed by atoms with Gasteiger partial charge in [0.25, 0.3) is 0 Å². The summed E-state index contributed by atoms with van der Waals surface area (Å²) in [6, 6.07) is 9.43. The van der Waals surface area contributed by atoms with Gasteiger partial charge in [-0.25, -0.2) is 9.37 Å². The van der Waals surface area contributed by atoms with Gasteiger partial charge in [0, 0.05) is 30.8 Å². The molecule has 1 aliphatic rings. The van der Waals surface area contributed by atoms with E-state index in [1.54, 1.807) is 12.3 Å². The largest absolute Gasteiger partial charge is 0.439 e. The Kier molecular flexibility index (Phi) is 5.05. The summed E-state index contributed by atoms with van der Waals surface area (Å²) in [6.07, 6.45) is 4.12. The van der Waals surface area contributed by atoms with Crippen molar-refractivity contribution in [1.29, 1.82) is 0 Å². The highest BCUT2D eigenvalue weighted by atomic mass is 19.1. The summed E-state index contributed by atoms with van der Waals surface area (Å²) in [6.45, 7) is 0.410. The summed E-state index contributed by atoms with van der Waals surface area (Å²) < 4.78 is 18.5. The van der Waals surface area contributed by atoms with Crippen molar-refractivity contribution in [1.82, 2.24) is 10.3 Å². The van der Waals surface area contributed by atoms with E-state index >= 15 is 0 Å². The van der Waals surface area contributed by atoms with E-state index in [0.29, 0.717) is 18.2 Å². The van der Waals surface area contributed by atoms with Crippen LogP contribution in [0, 0.1) is 11.7 Å². The van der Waals surface area contributed by atoms with Crippen molar-refractivity contribution >= 4 is 5.91 Å². The predicted molar refractivity (Wildman–Crippen MR) is 87.9 cm³/mol. The third kappa shape index (κ3) is 4.29. The molecule has 5 nitrogen and oxygen atoms in total.